The third-order valence-electron chi connectivity index (χ3n) is 4.72. The second kappa shape index (κ2) is 12.6. The first-order chi connectivity index (χ1) is 14.1. The highest BCUT2D eigenvalue weighted by Crippen LogP contribution is 2.13. The molecule has 1 aliphatic rings. The van der Waals surface area contributed by atoms with Gasteiger partial charge in [0, 0.05) is 51.4 Å². The van der Waals surface area contributed by atoms with Crippen LogP contribution in [0.5, 0.6) is 0 Å². The molecule has 0 bridgehead atoms. The van der Waals surface area contributed by atoms with Crippen molar-refractivity contribution in [2.24, 2.45) is 4.99 Å². The van der Waals surface area contributed by atoms with Gasteiger partial charge in [0.05, 0.1) is 0 Å². The number of likely N-dealkylation sites (tertiary alicyclic amines) is 1. The molecule has 0 spiro atoms. The summed E-state index contributed by atoms with van der Waals surface area (Å²) < 4.78 is 5.30. The molecule has 2 aromatic heterocycles. The Morgan fingerprint density at radius 3 is 2.80 bits per heavy atom. The first kappa shape index (κ1) is 24.3. The SMILES string of the molecule is C=C(C)CN1CCC(NC(=NCCc2noc(-c3ccccn3)n2)NCC)CC1.I. The molecule has 2 N–H and O–H groups in total. The highest BCUT2D eigenvalue weighted by molar-refractivity contribution is 14.0. The van der Waals surface area contributed by atoms with E-state index in [1.807, 2.05) is 18.2 Å². The van der Waals surface area contributed by atoms with Crippen LogP contribution in [0.15, 0.2) is 46.1 Å². The average Bonchev–Trinajstić information content (AvgIpc) is 3.19. The summed E-state index contributed by atoms with van der Waals surface area (Å²) in [6.07, 6.45) is 4.54. The van der Waals surface area contributed by atoms with Crippen LogP contribution in [0.4, 0.5) is 0 Å². The number of halogens is 1. The maximum Gasteiger partial charge on any atom is 0.276 e. The van der Waals surface area contributed by atoms with Gasteiger partial charge in [0.25, 0.3) is 5.89 Å². The summed E-state index contributed by atoms with van der Waals surface area (Å²) in [6, 6.07) is 6.04. The van der Waals surface area contributed by atoms with Crippen molar-refractivity contribution in [3.63, 3.8) is 0 Å². The highest BCUT2D eigenvalue weighted by atomic mass is 127. The summed E-state index contributed by atoms with van der Waals surface area (Å²) in [7, 11) is 0. The number of rotatable bonds is 8. The lowest BCUT2D eigenvalue weighted by Crippen LogP contribution is -2.49. The first-order valence-corrected chi connectivity index (χ1v) is 10.3. The Bertz CT molecular complexity index is 801. The summed E-state index contributed by atoms with van der Waals surface area (Å²) in [5.41, 5.74) is 1.90. The van der Waals surface area contributed by atoms with Gasteiger partial charge in [-0.25, -0.2) is 0 Å². The highest BCUT2D eigenvalue weighted by Gasteiger charge is 2.19. The van der Waals surface area contributed by atoms with Gasteiger partial charge in [-0.3, -0.25) is 14.9 Å². The number of guanidine groups is 1. The van der Waals surface area contributed by atoms with Crippen LogP contribution in [0.2, 0.25) is 0 Å². The normalized spacial score (nSPS) is 15.5. The molecule has 3 rings (SSSR count). The van der Waals surface area contributed by atoms with Gasteiger partial charge in [-0.2, -0.15) is 4.98 Å². The number of nitrogens with zero attached hydrogens (tertiary/aromatic N) is 5. The minimum absolute atomic E-state index is 0. The molecule has 2 aromatic rings. The molecular formula is C21H32IN7O. The van der Waals surface area contributed by atoms with E-state index in [0.717, 1.165) is 45.0 Å². The fourth-order valence-corrected chi connectivity index (χ4v) is 3.35. The van der Waals surface area contributed by atoms with Gasteiger partial charge < -0.3 is 15.2 Å². The van der Waals surface area contributed by atoms with E-state index < -0.39 is 0 Å². The Labute approximate surface area is 195 Å². The Balaban J connectivity index is 0.00000320. The van der Waals surface area contributed by atoms with E-state index in [1.165, 1.54) is 5.57 Å². The van der Waals surface area contributed by atoms with Crippen molar-refractivity contribution in [3.8, 4) is 11.6 Å². The van der Waals surface area contributed by atoms with E-state index in [4.69, 9.17) is 4.52 Å². The molecule has 0 aliphatic carbocycles. The van der Waals surface area contributed by atoms with Crippen LogP contribution in [0.25, 0.3) is 11.6 Å². The lowest BCUT2D eigenvalue weighted by Gasteiger charge is -2.33. The van der Waals surface area contributed by atoms with E-state index in [0.29, 0.717) is 36.4 Å². The standard InChI is InChI=1S/C21H31N7O.HI/c1-4-22-21(25-17-9-13-28(14-10-17)15-16(2)3)24-12-8-19-26-20(29-27-19)18-7-5-6-11-23-18;/h5-7,11,17H,2,4,8-10,12-15H2,1,3H3,(H2,22,24,25);1H. The van der Waals surface area contributed by atoms with Crippen LogP contribution in [-0.4, -0.2) is 64.7 Å². The van der Waals surface area contributed by atoms with Crippen molar-refractivity contribution >= 4 is 29.9 Å². The molecule has 0 aromatic carbocycles. The lowest BCUT2D eigenvalue weighted by atomic mass is 10.0. The number of aliphatic imine (C=N–C) groups is 1. The van der Waals surface area contributed by atoms with Crippen molar-refractivity contribution in [2.75, 3.05) is 32.7 Å². The third-order valence-corrected chi connectivity index (χ3v) is 4.72. The predicted molar refractivity (Wildman–Crippen MR) is 130 cm³/mol. The van der Waals surface area contributed by atoms with E-state index in [-0.39, 0.29) is 24.0 Å². The second-order valence-corrected chi connectivity index (χ2v) is 7.39. The fraction of sp³-hybridized carbons (Fsp3) is 0.524. The van der Waals surface area contributed by atoms with Crippen molar-refractivity contribution in [1.29, 1.82) is 0 Å². The van der Waals surface area contributed by atoms with Gasteiger partial charge in [-0.05, 0) is 38.8 Å². The molecule has 164 valence electrons. The number of hydrogen-bond donors (Lipinski definition) is 2. The molecule has 1 fully saturated rings. The summed E-state index contributed by atoms with van der Waals surface area (Å²) in [5.74, 6) is 1.92. The number of aromatic nitrogens is 3. The van der Waals surface area contributed by atoms with Crippen LogP contribution in [0, 0.1) is 0 Å². The maximum absolute atomic E-state index is 5.30. The van der Waals surface area contributed by atoms with Crippen LogP contribution >= 0.6 is 24.0 Å². The maximum atomic E-state index is 5.30. The number of piperidine rings is 1. The molecule has 0 saturated carbocycles. The molecule has 30 heavy (non-hydrogen) atoms. The molecule has 0 radical (unpaired) electrons. The average molecular weight is 525 g/mol. The second-order valence-electron chi connectivity index (χ2n) is 7.39. The van der Waals surface area contributed by atoms with Crippen molar-refractivity contribution < 1.29 is 4.52 Å². The lowest BCUT2D eigenvalue weighted by molar-refractivity contribution is 0.221. The van der Waals surface area contributed by atoms with Gasteiger partial charge in [-0.1, -0.05) is 23.4 Å². The van der Waals surface area contributed by atoms with Gasteiger partial charge in [0.15, 0.2) is 11.8 Å². The molecule has 3 heterocycles. The molecule has 8 nitrogen and oxygen atoms in total. The number of hydrogen-bond acceptors (Lipinski definition) is 6. The van der Waals surface area contributed by atoms with Gasteiger partial charge in [0.2, 0.25) is 0 Å². The molecule has 9 heteroatoms. The first-order valence-electron chi connectivity index (χ1n) is 10.3. The Kier molecular flexibility index (Phi) is 10.2. The molecule has 0 unspecified atom stereocenters. The van der Waals surface area contributed by atoms with Crippen LogP contribution < -0.4 is 10.6 Å². The van der Waals surface area contributed by atoms with Gasteiger partial charge in [0.1, 0.15) is 5.69 Å². The van der Waals surface area contributed by atoms with E-state index in [9.17, 15) is 0 Å². The van der Waals surface area contributed by atoms with Crippen LogP contribution in [0.3, 0.4) is 0 Å². The molecule has 1 aliphatic heterocycles. The van der Waals surface area contributed by atoms with E-state index >= 15 is 0 Å². The minimum Gasteiger partial charge on any atom is -0.357 e. The largest absolute Gasteiger partial charge is 0.357 e. The topological polar surface area (TPSA) is 91.5 Å². The zero-order chi connectivity index (χ0) is 20.5. The smallest absolute Gasteiger partial charge is 0.276 e. The van der Waals surface area contributed by atoms with Crippen molar-refractivity contribution in [2.45, 2.75) is 39.2 Å². The summed E-state index contributed by atoms with van der Waals surface area (Å²) >= 11 is 0. The minimum atomic E-state index is 0. The van der Waals surface area contributed by atoms with E-state index in [1.54, 1.807) is 6.20 Å². The van der Waals surface area contributed by atoms with Crippen molar-refractivity contribution in [1.82, 2.24) is 30.7 Å². The Morgan fingerprint density at radius 2 is 2.13 bits per heavy atom. The van der Waals surface area contributed by atoms with Crippen LogP contribution in [0.1, 0.15) is 32.5 Å². The van der Waals surface area contributed by atoms with E-state index in [2.05, 4.69) is 56.1 Å². The predicted octanol–water partition coefficient (Wildman–Crippen LogP) is 2.89. The van der Waals surface area contributed by atoms with Gasteiger partial charge >= 0.3 is 0 Å². The summed E-state index contributed by atoms with van der Waals surface area (Å²) in [6.45, 7) is 12.8. The van der Waals surface area contributed by atoms with Crippen LogP contribution in [-0.2, 0) is 6.42 Å². The molecule has 0 amide bonds. The Morgan fingerprint density at radius 1 is 1.33 bits per heavy atom. The number of pyridine rings is 1. The molecule has 1 saturated heterocycles. The zero-order valence-electron chi connectivity index (χ0n) is 17.8. The summed E-state index contributed by atoms with van der Waals surface area (Å²) in [4.78, 5) is 15.8. The molecule has 0 atom stereocenters. The zero-order valence-corrected chi connectivity index (χ0v) is 20.1. The van der Waals surface area contributed by atoms with Gasteiger partial charge in [-0.15, -0.1) is 24.0 Å². The quantitative estimate of drug-likeness (QED) is 0.237. The van der Waals surface area contributed by atoms with Crippen molar-refractivity contribution in [3.05, 3.63) is 42.4 Å². The monoisotopic (exact) mass is 525 g/mol. The third kappa shape index (κ3) is 7.67. The Hall–Kier alpha value is -2.01. The molecular weight excluding hydrogens is 493 g/mol. The summed E-state index contributed by atoms with van der Waals surface area (Å²) in [5, 5.41) is 10.9. The fourth-order valence-electron chi connectivity index (χ4n) is 3.35. The number of nitrogens with one attached hydrogen (secondary N) is 2.